The zero-order valence-corrected chi connectivity index (χ0v) is 20.5. The Morgan fingerprint density at radius 1 is 1.06 bits per heavy atom. The molecule has 0 fully saturated rings. The molecule has 2 aromatic heterocycles. The van der Waals surface area contributed by atoms with Crippen molar-refractivity contribution in [3.05, 3.63) is 70.9 Å². The molecule has 1 amide bonds. The molecule has 4 rings (SSSR count). The Morgan fingerprint density at radius 3 is 2.56 bits per heavy atom. The summed E-state index contributed by atoms with van der Waals surface area (Å²) < 4.78 is 12.7. The SMILES string of the molecule is COc1ccc(-c2nnc(SCC(=O)N/N=C(\C)c3cccs3)n2-c2ccccc2)cc1OC. The normalized spacial score (nSPS) is 11.3. The molecule has 1 N–H and O–H groups in total. The quantitative estimate of drug-likeness (QED) is 0.207. The largest absolute Gasteiger partial charge is 0.493 e. The lowest BCUT2D eigenvalue weighted by atomic mass is 10.2. The smallest absolute Gasteiger partial charge is 0.250 e. The molecule has 2 aromatic carbocycles. The fourth-order valence-electron chi connectivity index (χ4n) is 3.18. The lowest BCUT2D eigenvalue weighted by Gasteiger charge is -2.12. The van der Waals surface area contributed by atoms with Crippen molar-refractivity contribution in [2.75, 3.05) is 20.0 Å². The van der Waals surface area contributed by atoms with Gasteiger partial charge in [-0.1, -0.05) is 36.0 Å². The number of rotatable bonds is 9. The van der Waals surface area contributed by atoms with Crippen molar-refractivity contribution in [1.82, 2.24) is 20.2 Å². The first kappa shape index (κ1) is 23.5. The summed E-state index contributed by atoms with van der Waals surface area (Å²) in [5.74, 6) is 1.76. The van der Waals surface area contributed by atoms with Crippen LogP contribution in [-0.4, -0.2) is 46.4 Å². The van der Waals surface area contributed by atoms with Crippen LogP contribution in [0.1, 0.15) is 11.8 Å². The van der Waals surface area contributed by atoms with Crippen molar-refractivity contribution in [3.63, 3.8) is 0 Å². The first-order valence-electron chi connectivity index (χ1n) is 10.3. The topological polar surface area (TPSA) is 90.6 Å². The van der Waals surface area contributed by atoms with E-state index in [4.69, 9.17) is 9.47 Å². The molecule has 0 bridgehead atoms. The Labute approximate surface area is 205 Å². The van der Waals surface area contributed by atoms with E-state index in [2.05, 4.69) is 20.7 Å². The number of methoxy groups -OCH3 is 2. The van der Waals surface area contributed by atoms with Crippen LogP contribution in [0.25, 0.3) is 17.1 Å². The molecule has 10 heteroatoms. The van der Waals surface area contributed by atoms with Gasteiger partial charge in [0.2, 0.25) is 0 Å². The summed E-state index contributed by atoms with van der Waals surface area (Å²) in [6, 6.07) is 19.2. The number of thioether (sulfide) groups is 1. The highest BCUT2D eigenvalue weighted by Gasteiger charge is 2.18. The predicted molar refractivity (Wildman–Crippen MR) is 135 cm³/mol. The van der Waals surface area contributed by atoms with Gasteiger partial charge in [-0.3, -0.25) is 9.36 Å². The van der Waals surface area contributed by atoms with Gasteiger partial charge in [-0.2, -0.15) is 5.10 Å². The number of ether oxygens (including phenoxy) is 2. The van der Waals surface area contributed by atoms with Crippen molar-refractivity contribution < 1.29 is 14.3 Å². The number of aromatic nitrogens is 3. The Bertz CT molecular complexity index is 1290. The highest BCUT2D eigenvalue weighted by molar-refractivity contribution is 7.99. The average molecular weight is 494 g/mol. The molecule has 0 aliphatic carbocycles. The molecule has 0 saturated carbocycles. The summed E-state index contributed by atoms with van der Waals surface area (Å²) in [5, 5.41) is 15.5. The first-order chi connectivity index (χ1) is 16.6. The zero-order chi connectivity index (χ0) is 23.9. The second-order valence-corrected chi connectivity index (χ2v) is 8.94. The van der Waals surface area contributed by atoms with Gasteiger partial charge in [0, 0.05) is 16.1 Å². The van der Waals surface area contributed by atoms with Crippen molar-refractivity contribution >= 4 is 34.7 Å². The van der Waals surface area contributed by atoms with Gasteiger partial charge in [-0.15, -0.1) is 21.5 Å². The minimum absolute atomic E-state index is 0.137. The Balaban J connectivity index is 1.58. The molecule has 0 spiro atoms. The summed E-state index contributed by atoms with van der Waals surface area (Å²) >= 11 is 2.86. The van der Waals surface area contributed by atoms with Gasteiger partial charge in [0.1, 0.15) is 0 Å². The summed E-state index contributed by atoms with van der Waals surface area (Å²) in [6.07, 6.45) is 0. The second kappa shape index (κ2) is 11.0. The standard InChI is InChI=1S/C24H23N5O3S2/c1-16(21-10-7-13-33-21)25-26-22(30)15-34-24-28-27-23(29(24)18-8-5-4-6-9-18)17-11-12-19(31-2)20(14-17)32-3/h4-14H,15H2,1-3H3,(H,26,30)/b25-16+. The molecule has 0 unspecified atom stereocenters. The number of para-hydroxylation sites is 1. The molecule has 4 aromatic rings. The van der Waals surface area contributed by atoms with Gasteiger partial charge < -0.3 is 9.47 Å². The molecule has 2 heterocycles. The summed E-state index contributed by atoms with van der Waals surface area (Å²) in [7, 11) is 3.18. The second-order valence-electron chi connectivity index (χ2n) is 7.05. The predicted octanol–water partition coefficient (Wildman–Crippen LogP) is 4.65. The minimum Gasteiger partial charge on any atom is -0.493 e. The van der Waals surface area contributed by atoms with Crippen LogP contribution in [0, 0.1) is 0 Å². The van der Waals surface area contributed by atoms with E-state index in [0.717, 1.165) is 21.8 Å². The van der Waals surface area contributed by atoms with E-state index in [1.54, 1.807) is 25.6 Å². The van der Waals surface area contributed by atoms with E-state index in [0.29, 0.717) is 22.5 Å². The number of carbonyl (C=O) groups is 1. The summed E-state index contributed by atoms with van der Waals surface area (Å²) in [4.78, 5) is 13.5. The molecule has 0 aliphatic rings. The van der Waals surface area contributed by atoms with Crippen molar-refractivity contribution in [1.29, 1.82) is 0 Å². The average Bonchev–Trinajstić information content (AvgIpc) is 3.56. The molecule has 0 aliphatic heterocycles. The fraction of sp³-hybridized carbons (Fsp3) is 0.167. The number of benzene rings is 2. The Kier molecular flexibility index (Phi) is 7.61. The van der Waals surface area contributed by atoms with Gasteiger partial charge >= 0.3 is 0 Å². The van der Waals surface area contributed by atoms with Crippen molar-refractivity contribution in [2.45, 2.75) is 12.1 Å². The Morgan fingerprint density at radius 2 is 1.85 bits per heavy atom. The third-order valence-electron chi connectivity index (χ3n) is 4.85. The lowest BCUT2D eigenvalue weighted by molar-refractivity contribution is -0.118. The molecule has 0 radical (unpaired) electrons. The van der Waals surface area contributed by atoms with E-state index in [-0.39, 0.29) is 11.7 Å². The van der Waals surface area contributed by atoms with Crippen LogP contribution in [0.5, 0.6) is 11.5 Å². The van der Waals surface area contributed by atoms with Crippen LogP contribution in [0.3, 0.4) is 0 Å². The molecule has 174 valence electrons. The molecule has 8 nitrogen and oxygen atoms in total. The van der Waals surface area contributed by atoms with E-state index in [9.17, 15) is 4.79 Å². The van der Waals surface area contributed by atoms with E-state index in [1.165, 1.54) is 11.8 Å². The highest BCUT2D eigenvalue weighted by atomic mass is 32.2. The van der Waals surface area contributed by atoms with E-state index < -0.39 is 0 Å². The maximum Gasteiger partial charge on any atom is 0.250 e. The minimum atomic E-state index is -0.226. The molecule has 0 atom stereocenters. The number of amides is 1. The van der Waals surface area contributed by atoms with Gasteiger partial charge in [0.15, 0.2) is 22.5 Å². The van der Waals surface area contributed by atoms with Crippen molar-refractivity contribution in [2.24, 2.45) is 5.10 Å². The third kappa shape index (κ3) is 5.29. The number of nitrogens with zero attached hydrogens (tertiary/aromatic N) is 4. The monoisotopic (exact) mass is 493 g/mol. The van der Waals surface area contributed by atoms with Gasteiger partial charge in [0.05, 0.1) is 25.7 Å². The van der Waals surface area contributed by atoms with Crippen LogP contribution in [-0.2, 0) is 4.79 Å². The van der Waals surface area contributed by atoms with Crippen LogP contribution in [0.15, 0.2) is 76.3 Å². The van der Waals surface area contributed by atoms with E-state index >= 15 is 0 Å². The number of thiophene rings is 1. The maximum absolute atomic E-state index is 12.4. The number of hydrazone groups is 1. The van der Waals surface area contributed by atoms with Gasteiger partial charge in [-0.05, 0) is 48.7 Å². The molecular weight excluding hydrogens is 470 g/mol. The molecular formula is C24H23N5O3S2. The number of hydrogen-bond acceptors (Lipinski definition) is 8. The van der Waals surface area contributed by atoms with E-state index in [1.807, 2.05) is 77.5 Å². The van der Waals surface area contributed by atoms with Crippen LogP contribution in [0.4, 0.5) is 0 Å². The molecule has 0 saturated heterocycles. The number of hydrogen-bond donors (Lipinski definition) is 1. The van der Waals surface area contributed by atoms with Gasteiger partial charge in [0.25, 0.3) is 5.91 Å². The first-order valence-corrected chi connectivity index (χ1v) is 12.2. The summed E-state index contributed by atoms with van der Waals surface area (Å²) in [6.45, 7) is 1.86. The van der Waals surface area contributed by atoms with Crippen molar-refractivity contribution in [3.8, 4) is 28.6 Å². The maximum atomic E-state index is 12.4. The third-order valence-corrected chi connectivity index (χ3v) is 6.76. The number of carbonyl (C=O) groups excluding carboxylic acids is 1. The summed E-state index contributed by atoms with van der Waals surface area (Å²) in [5.41, 5.74) is 5.06. The molecule has 34 heavy (non-hydrogen) atoms. The Hall–Kier alpha value is -3.63. The van der Waals surface area contributed by atoms with Crippen LogP contribution in [0.2, 0.25) is 0 Å². The van der Waals surface area contributed by atoms with Crippen LogP contribution >= 0.6 is 23.1 Å². The number of nitrogens with one attached hydrogen (secondary N) is 1. The van der Waals surface area contributed by atoms with Crippen LogP contribution < -0.4 is 14.9 Å². The fourth-order valence-corrected chi connectivity index (χ4v) is 4.60. The lowest BCUT2D eigenvalue weighted by Crippen LogP contribution is -2.21. The highest BCUT2D eigenvalue weighted by Crippen LogP contribution is 2.34. The zero-order valence-electron chi connectivity index (χ0n) is 18.9. The van der Waals surface area contributed by atoms with Gasteiger partial charge in [-0.25, -0.2) is 5.43 Å².